The van der Waals surface area contributed by atoms with Crippen LogP contribution in [0.5, 0.6) is 0 Å². The van der Waals surface area contributed by atoms with Gasteiger partial charge in [0, 0.05) is 0 Å². The SMILES string of the molecule is CC.[B]C(=[B])C(=[N-])C=[C-]CO.[W+2]. The van der Waals surface area contributed by atoms with Gasteiger partial charge in [0.15, 0.2) is 0 Å². The summed E-state index contributed by atoms with van der Waals surface area (Å²) < 4.78 is 0. The van der Waals surface area contributed by atoms with Crippen molar-refractivity contribution in [3.05, 3.63) is 17.6 Å². The van der Waals surface area contributed by atoms with Crippen LogP contribution in [0.1, 0.15) is 13.8 Å². The molecule has 0 aromatic heterocycles. The predicted octanol–water partition coefficient (Wildman–Crippen LogP) is -0.161. The second-order valence-corrected chi connectivity index (χ2v) is 1.35. The second-order valence-electron chi connectivity index (χ2n) is 1.35. The molecule has 0 atom stereocenters. The number of allylic oxidation sites excluding steroid dienone is 1. The van der Waals surface area contributed by atoms with Crippen LogP contribution in [-0.4, -0.2) is 38.1 Å². The summed E-state index contributed by atoms with van der Waals surface area (Å²) >= 11 is 0. The number of hydrogen-bond acceptors (Lipinski definition) is 1. The first-order valence-corrected chi connectivity index (χ1v) is 3.30. The molecule has 0 aliphatic carbocycles. The van der Waals surface area contributed by atoms with Crippen molar-refractivity contribution in [3.8, 4) is 0 Å². The normalized spacial score (nSPS) is 7.83. The fourth-order valence-corrected chi connectivity index (χ4v) is 0.226. The van der Waals surface area contributed by atoms with Crippen molar-refractivity contribution >= 4 is 26.4 Å². The zero-order valence-electron chi connectivity index (χ0n) is 7.24. The fourth-order valence-electron chi connectivity index (χ4n) is 0.226. The topological polar surface area (TPSA) is 42.5 Å². The summed E-state index contributed by atoms with van der Waals surface area (Å²) in [6.45, 7) is 3.73. The van der Waals surface area contributed by atoms with Crippen molar-refractivity contribution in [1.29, 1.82) is 0 Å². The van der Waals surface area contributed by atoms with Gasteiger partial charge in [-0.25, -0.2) is 0 Å². The van der Waals surface area contributed by atoms with Crippen LogP contribution in [0.15, 0.2) is 6.08 Å². The average molecular weight is 330 g/mol. The zero-order valence-corrected chi connectivity index (χ0v) is 10.2. The summed E-state index contributed by atoms with van der Waals surface area (Å²) in [6.07, 6.45) is 3.40. The Bertz CT molecular complexity index is 159. The van der Waals surface area contributed by atoms with Gasteiger partial charge in [-0.05, 0) is 0 Å². The van der Waals surface area contributed by atoms with Gasteiger partial charge in [0.1, 0.15) is 0 Å². The minimum absolute atomic E-state index is 0. The van der Waals surface area contributed by atoms with E-state index in [0.29, 0.717) is 0 Å². The first-order valence-electron chi connectivity index (χ1n) is 3.30. The minimum atomic E-state index is -0.274. The Hall–Kier alpha value is 0.0582. The van der Waals surface area contributed by atoms with Crippen LogP contribution in [0.4, 0.5) is 0 Å². The number of rotatable bonds is 3. The molecule has 5 heteroatoms. The third kappa shape index (κ3) is 12.7. The molecule has 2 nitrogen and oxygen atoms in total. The minimum Gasteiger partial charge on any atom is 2.00 e. The molecule has 3 radical (unpaired) electrons. The van der Waals surface area contributed by atoms with Gasteiger partial charge in [-0.15, -0.1) is 0 Å². The Kier molecular flexibility index (Phi) is 20.4. The molecule has 0 aliphatic heterocycles. The van der Waals surface area contributed by atoms with Crippen LogP contribution < -0.4 is 0 Å². The van der Waals surface area contributed by atoms with E-state index in [1.54, 1.807) is 0 Å². The molecule has 1 N–H and O–H groups in total. The third-order valence-corrected chi connectivity index (χ3v) is 0.626. The van der Waals surface area contributed by atoms with E-state index in [1.807, 2.05) is 13.8 Å². The molecule has 12 heavy (non-hydrogen) atoms. The molecule has 0 unspecified atom stereocenters. The molecule has 0 amide bonds. The van der Waals surface area contributed by atoms with Crippen molar-refractivity contribution in [3.63, 3.8) is 0 Å². The molecule has 0 aliphatic rings. The maximum atomic E-state index is 8.66. The number of aliphatic hydroxyl groups excluding tert-OH is 1. The number of nitrogens with zero attached hydrogens (tertiary/aromatic N) is 1. The van der Waals surface area contributed by atoms with E-state index >= 15 is 0 Å². The summed E-state index contributed by atoms with van der Waals surface area (Å²) in [5, 5.41) is 16.6. The molecule has 0 fully saturated rings. The van der Waals surface area contributed by atoms with Crippen LogP contribution in [-0.2, 0) is 21.1 Å². The monoisotopic (exact) mass is 330 g/mol. The van der Waals surface area contributed by atoms with Gasteiger partial charge < -0.3 is 0 Å². The summed E-state index contributed by atoms with van der Waals surface area (Å²) in [4.78, 5) is 0. The van der Waals surface area contributed by atoms with Crippen LogP contribution in [0.2, 0.25) is 0 Å². The van der Waals surface area contributed by atoms with E-state index in [4.69, 9.17) is 25.8 Å². The molecule has 0 aromatic carbocycles. The Morgan fingerprint density at radius 1 is 1.58 bits per heavy atom. The summed E-state index contributed by atoms with van der Waals surface area (Å²) in [5.74, 6) is 0. The molecular weight excluding hydrogens is 320 g/mol. The fraction of sp³-hybridized carbons (Fsp3) is 0.429. The predicted molar refractivity (Wildman–Crippen MR) is 51.1 cm³/mol. The summed E-state index contributed by atoms with van der Waals surface area (Å²) in [7, 11) is 9.86. The van der Waals surface area contributed by atoms with Crippen LogP contribution in [0, 0.1) is 6.08 Å². The van der Waals surface area contributed by atoms with E-state index < -0.39 is 0 Å². The molecule has 0 rings (SSSR count). The third-order valence-electron chi connectivity index (χ3n) is 0.626. The molecule has 0 saturated heterocycles. The van der Waals surface area contributed by atoms with E-state index in [-0.39, 0.29) is 38.7 Å². The standard InChI is InChI=1S/C5H4B2NO.C2H6.W/c6-5(7)4(8)2-1-3-9;1-2;/h2,9H,3H2;1-2H3;/q-2;;+2. The second kappa shape index (κ2) is 13.6. The summed E-state index contributed by atoms with van der Waals surface area (Å²) in [6, 6.07) is 0. The van der Waals surface area contributed by atoms with Gasteiger partial charge in [0.2, 0.25) is 0 Å². The van der Waals surface area contributed by atoms with E-state index in [0.717, 1.165) is 6.08 Å². The Morgan fingerprint density at radius 3 is 2.25 bits per heavy atom. The van der Waals surface area contributed by atoms with Crippen molar-refractivity contribution in [1.82, 2.24) is 0 Å². The van der Waals surface area contributed by atoms with E-state index in [9.17, 15) is 0 Å². The smallest absolute Gasteiger partial charge is 2.00 e. The van der Waals surface area contributed by atoms with Gasteiger partial charge in [-0.1, -0.05) is 13.8 Å². The molecule has 0 aromatic rings. The average Bonchev–Trinajstić information content (AvgIpc) is 2.03. The molecule has 0 spiro atoms. The van der Waals surface area contributed by atoms with E-state index in [1.165, 1.54) is 0 Å². The van der Waals surface area contributed by atoms with Crippen molar-refractivity contribution in [2.45, 2.75) is 13.8 Å². The molecular formula is C7H10B2NOW. The Balaban J connectivity index is -0.000000249. The molecule has 61 valence electrons. The van der Waals surface area contributed by atoms with Gasteiger partial charge in [-0.3, -0.25) is 0 Å². The summed E-state index contributed by atoms with van der Waals surface area (Å²) in [5.41, 5.74) is -0.274. The van der Waals surface area contributed by atoms with Crippen molar-refractivity contribution in [2.75, 3.05) is 6.61 Å². The molecule has 0 saturated carbocycles. The van der Waals surface area contributed by atoms with Crippen molar-refractivity contribution < 1.29 is 26.2 Å². The van der Waals surface area contributed by atoms with Gasteiger partial charge in [-0.2, -0.15) is 0 Å². The van der Waals surface area contributed by atoms with Gasteiger partial charge >= 0.3 is 76.7 Å². The number of aliphatic hydroxyl groups is 1. The Morgan fingerprint density at radius 2 is 2.00 bits per heavy atom. The maximum absolute atomic E-state index is 8.66. The molecule has 0 bridgehead atoms. The van der Waals surface area contributed by atoms with Crippen LogP contribution >= 0.6 is 0 Å². The zero-order chi connectivity index (χ0) is 9.28. The first kappa shape index (κ1) is 18.0. The van der Waals surface area contributed by atoms with Gasteiger partial charge in [0.05, 0.1) is 0 Å². The Labute approximate surface area is 90.7 Å². The quantitative estimate of drug-likeness (QED) is 0.436. The maximum Gasteiger partial charge on any atom is 2.00 e. The van der Waals surface area contributed by atoms with Crippen molar-refractivity contribution in [2.24, 2.45) is 0 Å². The largest absolute Gasteiger partial charge is 2.00 e. The molecule has 0 heterocycles. The van der Waals surface area contributed by atoms with Crippen LogP contribution in [0.3, 0.4) is 0 Å². The number of hydrogen-bond donors (Lipinski definition) is 1. The van der Waals surface area contributed by atoms with Gasteiger partial charge in [0.25, 0.3) is 0 Å². The first-order chi connectivity index (χ1) is 5.18. The van der Waals surface area contributed by atoms with Crippen LogP contribution in [0.25, 0.3) is 5.41 Å². The van der Waals surface area contributed by atoms with E-state index in [2.05, 4.69) is 6.08 Å².